The minimum Gasteiger partial charge on any atom is -0.497 e. The zero-order chi connectivity index (χ0) is 24.9. The summed E-state index contributed by atoms with van der Waals surface area (Å²) in [6.45, 7) is 6.37. The van der Waals surface area contributed by atoms with Gasteiger partial charge in [-0.05, 0) is 48.0 Å². The molecule has 2 heterocycles. The molecule has 0 radical (unpaired) electrons. The number of imidazole rings is 1. The Labute approximate surface area is 212 Å². The Bertz CT molecular complexity index is 1310. The van der Waals surface area contributed by atoms with Crippen LogP contribution in [-0.4, -0.2) is 65.1 Å². The number of fused-ring (bicyclic) bond motifs is 1. The van der Waals surface area contributed by atoms with Crippen LogP contribution in [0, 0.1) is 0 Å². The van der Waals surface area contributed by atoms with Gasteiger partial charge in [-0.25, -0.2) is 4.98 Å². The van der Waals surface area contributed by atoms with E-state index in [1.54, 1.807) is 31.4 Å². The van der Waals surface area contributed by atoms with Crippen LogP contribution in [0.4, 0.5) is 5.69 Å². The lowest BCUT2D eigenvalue weighted by atomic mass is 10.2. The van der Waals surface area contributed by atoms with Crippen molar-refractivity contribution in [3.63, 3.8) is 0 Å². The van der Waals surface area contributed by atoms with Gasteiger partial charge in [-0.15, -0.1) is 0 Å². The van der Waals surface area contributed by atoms with Crippen molar-refractivity contribution < 1.29 is 9.53 Å². The van der Waals surface area contributed by atoms with Gasteiger partial charge in [-0.1, -0.05) is 30.3 Å². The quantitative estimate of drug-likeness (QED) is 0.407. The first-order chi connectivity index (χ1) is 17.6. The van der Waals surface area contributed by atoms with Crippen molar-refractivity contribution in [3.05, 3.63) is 89.7 Å². The number of methoxy groups -OCH3 is 1. The molecule has 5 rings (SSSR count). The monoisotopic (exact) mass is 483 g/mol. The zero-order valence-corrected chi connectivity index (χ0v) is 21.0. The first kappa shape index (κ1) is 24.0. The van der Waals surface area contributed by atoms with Crippen molar-refractivity contribution in [1.29, 1.82) is 0 Å². The van der Waals surface area contributed by atoms with Crippen molar-refractivity contribution in [2.75, 3.05) is 45.2 Å². The molecule has 3 aromatic carbocycles. The summed E-state index contributed by atoms with van der Waals surface area (Å²) < 4.78 is 7.33. The van der Waals surface area contributed by atoms with E-state index in [4.69, 9.17) is 9.72 Å². The van der Waals surface area contributed by atoms with Crippen molar-refractivity contribution in [3.8, 4) is 5.75 Å². The average Bonchev–Trinajstić information content (AvgIpc) is 3.23. The molecule has 1 aliphatic heterocycles. The van der Waals surface area contributed by atoms with E-state index in [2.05, 4.69) is 57.1 Å². The molecule has 1 fully saturated rings. The summed E-state index contributed by atoms with van der Waals surface area (Å²) in [5.74, 6) is 1.64. The van der Waals surface area contributed by atoms with Gasteiger partial charge in [0, 0.05) is 64.0 Å². The Hall–Kier alpha value is -3.68. The number of piperazine rings is 1. The second kappa shape index (κ2) is 10.9. The van der Waals surface area contributed by atoms with Gasteiger partial charge in [-0.3, -0.25) is 9.69 Å². The molecule has 7 heteroatoms. The molecule has 1 amide bonds. The predicted octanol–water partition coefficient (Wildman–Crippen LogP) is 4.19. The maximum absolute atomic E-state index is 12.6. The molecule has 1 N–H and O–H groups in total. The third-order valence-electron chi connectivity index (χ3n) is 6.95. The van der Waals surface area contributed by atoms with E-state index in [1.807, 2.05) is 18.2 Å². The summed E-state index contributed by atoms with van der Waals surface area (Å²) in [6, 6.07) is 23.7. The van der Waals surface area contributed by atoms with Crippen molar-refractivity contribution in [1.82, 2.24) is 19.4 Å². The van der Waals surface area contributed by atoms with Crippen LogP contribution < -0.4 is 10.1 Å². The number of carbonyl (C=O) groups is 1. The fourth-order valence-corrected chi connectivity index (χ4v) is 4.77. The van der Waals surface area contributed by atoms with E-state index >= 15 is 0 Å². The number of nitrogens with zero attached hydrogens (tertiary/aromatic N) is 4. The highest BCUT2D eigenvalue weighted by atomic mass is 16.5. The van der Waals surface area contributed by atoms with Crippen LogP contribution in [-0.2, 0) is 20.0 Å². The number of anilines is 1. The number of carbonyl (C=O) groups excluding carboxylic acids is 1. The van der Waals surface area contributed by atoms with E-state index in [1.165, 1.54) is 5.56 Å². The van der Waals surface area contributed by atoms with Crippen LogP contribution >= 0.6 is 0 Å². The summed E-state index contributed by atoms with van der Waals surface area (Å²) in [4.78, 5) is 22.6. The number of hydrogen-bond acceptors (Lipinski definition) is 5. The molecule has 4 aromatic rings. The molecule has 0 spiro atoms. The summed E-state index contributed by atoms with van der Waals surface area (Å²) in [5.41, 5.74) is 4.67. The topological polar surface area (TPSA) is 62.6 Å². The summed E-state index contributed by atoms with van der Waals surface area (Å²) in [7, 11) is 3.68. The number of hydrogen-bond donors (Lipinski definition) is 1. The number of benzene rings is 3. The Kier molecular flexibility index (Phi) is 7.30. The van der Waals surface area contributed by atoms with Crippen LogP contribution in [0.1, 0.15) is 21.7 Å². The first-order valence-corrected chi connectivity index (χ1v) is 12.5. The average molecular weight is 484 g/mol. The minimum absolute atomic E-state index is 0.153. The predicted molar refractivity (Wildman–Crippen MR) is 144 cm³/mol. The van der Waals surface area contributed by atoms with Crippen molar-refractivity contribution in [2.45, 2.75) is 13.0 Å². The highest BCUT2D eigenvalue weighted by molar-refractivity contribution is 6.05. The van der Waals surface area contributed by atoms with Crippen LogP contribution in [0.2, 0.25) is 0 Å². The highest BCUT2D eigenvalue weighted by Gasteiger charge is 2.18. The lowest BCUT2D eigenvalue weighted by Crippen LogP contribution is -2.46. The Morgan fingerprint density at radius 3 is 2.39 bits per heavy atom. The molecule has 0 aliphatic carbocycles. The normalized spacial score (nSPS) is 14.7. The molecule has 1 saturated heterocycles. The van der Waals surface area contributed by atoms with E-state index < -0.39 is 0 Å². The van der Waals surface area contributed by atoms with E-state index in [-0.39, 0.29) is 5.91 Å². The van der Waals surface area contributed by atoms with Gasteiger partial charge in [0.25, 0.3) is 5.91 Å². The molecule has 7 nitrogen and oxygen atoms in total. The lowest BCUT2D eigenvalue weighted by Gasteiger charge is -2.34. The highest BCUT2D eigenvalue weighted by Crippen LogP contribution is 2.21. The van der Waals surface area contributed by atoms with Crippen LogP contribution in [0.3, 0.4) is 0 Å². The Morgan fingerprint density at radius 2 is 1.67 bits per heavy atom. The molecule has 0 saturated carbocycles. The number of rotatable bonds is 8. The third-order valence-corrected chi connectivity index (χ3v) is 6.95. The van der Waals surface area contributed by atoms with Gasteiger partial charge < -0.3 is 19.5 Å². The Morgan fingerprint density at radius 1 is 0.944 bits per heavy atom. The fraction of sp³-hybridized carbons (Fsp3) is 0.310. The van der Waals surface area contributed by atoms with Gasteiger partial charge in [0.05, 0.1) is 18.1 Å². The van der Waals surface area contributed by atoms with Gasteiger partial charge in [0.15, 0.2) is 0 Å². The van der Waals surface area contributed by atoms with Crippen molar-refractivity contribution >= 4 is 22.6 Å². The third kappa shape index (κ3) is 5.58. The van der Waals surface area contributed by atoms with E-state index in [0.29, 0.717) is 5.56 Å². The van der Waals surface area contributed by atoms with Gasteiger partial charge in [0.2, 0.25) is 0 Å². The molecule has 0 unspecified atom stereocenters. The van der Waals surface area contributed by atoms with E-state index in [9.17, 15) is 4.79 Å². The number of aromatic nitrogens is 2. The summed E-state index contributed by atoms with van der Waals surface area (Å²) >= 11 is 0. The SMILES string of the molecule is COc1ccc(C(=O)Nc2ccc3c(c2)nc(CCN2CCN(Cc4ccccc4)CC2)n3C)cc1. The van der Waals surface area contributed by atoms with Gasteiger partial charge >= 0.3 is 0 Å². The molecular formula is C29H33N5O2. The lowest BCUT2D eigenvalue weighted by molar-refractivity contribution is 0.102. The molecule has 36 heavy (non-hydrogen) atoms. The fourth-order valence-electron chi connectivity index (χ4n) is 4.77. The second-order valence-electron chi connectivity index (χ2n) is 9.33. The maximum atomic E-state index is 12.6. The standard InChI is InChI=1S/C29H33N5O2/c1-32-27-13-10-24(30-29(35)23-8-11-25(36-2)12-9-23)20-26(27)31-28(32)14-15-33-16-18-34(19-17-33)21-22-6-4-3-5-7-22/h3-13,20H,14-19,21H2,1-2H3,(H,30,35). The number of ether oxygens (including phenoxy) is 1. The number of amides is 1. The molecule has 186 valence electrons. The smallest absolute Gasteiger partial charge is 0.255 e. The van der Waals surface area contributed by atoms with Gasteiger partial charge in [-0.2, -0.15) is 0 Å². The molecule has 1 aliphatic rings. The number of aryl methyl sites for hydroxylation is 1. The van der Waals surface area contributed by atoms with E-state index in [0.717, 1.165) is 74.0 Å². The Balaban J connectivity index is 1.16. The maximum Gasteiger partial charge on any atom is 0.255 e. The minimum atomic E-state index is -0.153. The van der Waals surface area contributed by atoms with Crippen LogP contribution in [0.5, 0.6) is 5.75 Å². The largest absolute Gasteiger partial charge is 0.497 e. The van der Waals surface area contributed by atoms with Crippen LogP contribution in [0.25, 0.3) is 11.0 Å². The molecular weight excluding hydrogens is 450 g/mol. The molecule has 0 atom stereocenters. The second-order valence-corrected chi connectivity index (χ2v) is 9.33. The van der Waals surface area contributed by atoms with Crippen molar-refractivity contribution in [2.24, 2.45) is 7.05 Å². The molecule has 1 aromatic heterocycles. The molecule has 0 bridgehead atoms. The first-order valence-electron chi connectivity index (χ1n) is 12.5. The van der Waals surface area contributed by atoms with Gasteiger partial charge in [0.1, 0.15) is 11.6 Å². The summed E-state index contributed by atoms with van der Waals surface area (Å²) in [6.07, 6.45) is 0.900. The summed E-state index contributed by atoms with van der Waals surface area (Å²) in [5, 5.41) is 2.98. The number of nitrogens with one attached hydrogen (secondary N) is 1. The zero-order valence-electron chi connectivity index (χ0n) is 21.0. The van der Waals surface area contributed by atoms with Crippen LogP contribution in [0.15, 0.2) is 72.8 Å².